The van der Waals surface area contributed by atoms with Crippen LogP contribution in [0.2, 0.25) is 0 Å². The van der Waals surface area contributed by atoms with E-state index in [1.54, 1.807) is 0 Å². The second kappa shape index (κ2) is 8.30. The van der Waals surface area contributed by atoms with E-state index in [-0.39, 0.29) is 6.04 Å². The highest BCUT2D eigenvalue weighted by Crippen LogP contribution is 2.27. The smallest absolute Gasteiger partial charge is 0.407 e. The lowest BCUT2D eigenvalue weighted by molar-refractivity contribution is 0.0525. The van der Waals surface area contributed by atoms with E-state index in [1.165, 1.54) is 5.56 Å². The van der Waals surface area contributed by atoms with E-state index in [0.717, 1.165) is 22.0 Å². The van der Waals surface area contributed by atoms with Gasteiger partial charge in [0.25, 0.3) is 0 Å². The van der Waals surface area contributed by atoms with Gasteiger partial charge in [-0.3, -0.25) is 4.99 Å². The summed E-state index contributed by atoms with van der Waals surface area (Å²) < 4.78 is 5.37. The zero-order chi connectivity index (χ0) is 20.1. The number of benzene rings is 2. The summed E-state index contributed by atoms with van der Waals surface area (Å²) in [5.41, 5.74) is 3.75. The monoisotopic (exact) mass is 377 g/mol. The summed E-state index contributed by atoms with van der Waals surface area (Å²) in [6.07, 6.45) is 3.37. The average molecular weight is 377 g/mol. The number of amides is 1. The minimum absolute atomic E-state index is 0.233. The molecule has 1 unspecified atom stereocenters. The fourth-order valence-electron chi connectivity index (χ4n) is 2.98. The molecule has 2 N–H and O–H groups in total. The van der Waals surface area contributed by atoms with Gasteiger partial charge < -0.3 is 15.0 Å². The van der Waals surface area contributed by atoms with E-state index in [2.05, 4.69) is 35.4 Å². The summed E-state index contributed by atoms with van der Waals surface area (Å²) in [6.45, 7) is 7.96. The topological polar surface area (TPSA) is 66.5 Å². The Kier molecular flexibility index (Phi) is 5.83. The van der Waals surface area contributed by atoms with Crippen LogP contribution in [0.15, 0.2) is 59.7 Å². The van der Waals surface area contributed by atoms with Crippen molar-refractivity contribution in [2.24, 2.45) is 4.99 Å². The number of nitrogens with zero attached hydrogens (tertiary/aromatic N) is 1. The van der Waals surface area contributed by atoms with Crippen molar-refractivity contribution < 1.29 is 9.53 Å². The molecule has 3 aromatic rings. The van der Waals surface area contributed by atoms with Gasteiger partial charge in [0, 0.05) is 35.4 Å². The second-order valence-corrected chi connectivity index (χ2v) is 7.88. The van der Waals surface area contributed by atoms with Crippen molar-refractivity contribution in [2.45, 2.75) is 39.3 Å². The van der Waals surface area contributed by atoms with Gasteiger partial charge in [-0.25, -0.2) is 4.79 Å². The molecule has 146 valence electrons. The predicted octanol–water partition coefficient (Wildman–Crippen LogP) is 5.16. The third-order valence-corrected chi connectivity index (χ3v) is 4.27. The number of hydrogen-bond acceptors (Lipinski definition) is 3. The molecule has 0 aliphatic carbocycles. The molecule has 0 aliphatic rings. The first-order chi connectivity index (χ1) is 13.3. The Morgan fingerprint density at radius 1 is 1.21 bits per heavy atom. The van der Waals surface area contributed by atoms with Crippen molar-refractivity contribution in [3.63, 3.8) is 0 Å². The first-order valence-corrected chi connectivity index (χ1v) is 9.44. The van der Waals surface area contributed by atoms with Gasteiger partial charge in [0.2, 0.25) is 0 Å². The molecule has 0 aliphatic heterocycles. The molecule has 0 saturated heterocycles. The molecule has 5 heteroatoms. The van der Waals surface area contributed by atoms with E-state index < -0.39 is 11.7 Å². The molecule has 28 heavy (non-hydrogen) atoms. The van der Waals surface area contributed by atoms with E-state index in [4.69, 9.17) is 9.73 Å². The summed E-state index contributed by atoms with van der Waals surface area (Å²) in [5.74, 6) is 0. The average Bonchev–Trinajstić information content (AvgIpc) is 3.04. The molecule has 1 amide bonds. The van der Waals surface area contributed by atoms with Crippen LogP contribution >= 0.6 is 0 Å². The van der Waals surface area contributed by atoms with Gasteiger partial charge in [0.05, 0.1) is 6.04 Å². The number of nitrogens with one attached hydrogen (secondary N) is 2. The van der Waals surface area contributed by atoms with Crippen LogP contribution in [0, 0.1) is 6.92 Å². The van der Waals surface area contributed by atoms with Gasteiger partial charge >= 0.3 is 6.09 Å². The van der Waals surface area contributed by atoms with Gasteiger partial charge in [0.1, 0.15) is 5.60 Å². The fourth-order valence-corrected chi connectivity index (χ4v) is 2.98. The molecule has 3 rings (SSSR count). The maximum absolute atomic E-state index is 12.1. The molecule has 0 bridgehead atoms. The predicted molar refractivity (Wildman–Crippen MR) is 114 cm³/mol. The molecule has 1 aromatic heterocycles. The number of aliphatic imine (C=N–C) groups is 1. The number of H-pyrrole nitrogens is 1. The zero-order valence-corrected chi connectivity index (χ0v) is 16.8. The number of alkyl carbamates (subject to hydrolysis) is 1. The van der Waals surface area contributed by atoms with Gasteiger partial charge in [-0.1, -0.05) is 42.0 Å². The summed E-state index contributed by atoms with van der Waals surface area (Å²) in [4.78, 5) is 20.2. The number of aromatic nitrogens is 1. The number of carbonyl (C=O) groups excluding carboxylic acids is 1. The molecular formula is C23H27N3O2. The van der Waals surface area contributed by atoms with Gasteiger partial charge in [-0.05, 0) is 45.4 Å². The van der Waals surface area contributed by atoms with E-state index in [1.807, 2.05) is 63.5 Å². The lowest BCUT2D eigenvalue weighted by Crippen LogP contribution is -2.34. The van der Waals surface area contributed by atoms with E-state index in [9.17, 15) is 4.79 Å². The number of aromatic amines is 1. The normalized spacial score (nSPS) is 13.0. The van der Waals surface area contributed by atoms with Gasteiger partial charge in [-0.15, -0.1) is 0 Å². The molecule has 2 aromatic carbocycles. The highest BCUT2D eigenvalue weighted by Gasteiger charge is 2.19. The summed E-state index contributed by atoms with van der Waals surface area (Å²) >= 11 is 0. The fraction of sp³-hybridized carbons (Fsp3) is 0.304. The van der Waals surface area contributed by atoms with E-state index in [0.29, 0.717) is 6.54 Å². The van der Waals surface area contributed by atoms with Crippen LogP contribution < -0.4 is 5.32 Å². The SMILES string of the molecule is Cc1ccc2[nH]cc(C(CNC(=O)OC(C)(C)C)N=Cc3ccccc3)c2c1. The Labute approximate surface area is 165 Å². The summed E-state index contributed by atoms with van der Waals surface area (Å²) in [5, 5.41) is 3.97. The van der Waals surface area contributed by atoms with Gasteiger partial charge in [-0.2, -0.15) is 0 Å². The third kappa shape index (κ3) is 5.22. The summed E-state index contributed by atoms with van der Waals surface area (Å²) in [7, 11) is 0. The number of hydrogen-bond donors (Lipinski definition) is 2. The minimum atomic E-state index is -0.537. The Hall–Kier alpha value is -3.08. The van der Waals surface area contributed by atoms with Crippen molar-refractivity contribution in [1.29, 1.82) is 0 Å². The van der Waals surface area contributed by atoms with Crippen molar-refractivity contribution in [3.8, 4) is 0 Å². The maximum Gasteiger partial charge on any atom is 0.407 e. The minimum Gasteiger partial charge on any atom is -0.444 e. The Morgan fingerprint density at radius 3 is 2.68 bits per heavy atom. The van der Waals surface area contributed by atoms with Crippen molar-refractivity contribution in [1.82, 2.24) is 10.3 Å². The van der Waals surface area contributed by atoms with Crippen LogP contribution in [0.3, 0.4) is 0 Å². The van der Waals surface area contributed by atoms with Crippen molar-refractivity contribution in [3.05, 3.63) is 71.4 Å². The number of ether oxygens (including phenoxy) is 1. The first kappa shape index (κ1) is 19.7. The molecule has 0 radical (unpaired) electrons. The second-order valence-electron chi connectivity index (χ2n) is 7.88. The van der Waals surface area contributed by atoms with Crippen LogP contribution in [0.25, 0.3) is 10.9 Å². The lowest BCUT2D eigenvalue weighted by Gasteiger charge is -2.21. The van der Waals surface area contributed by atoms with Crippen LogP contribution in [-0.2, 0) is 4.74 Å². The Morgan fingerprint density at radius 2 is 1.96 bits per heavy atom. The van der Waals surface area contributed by atoms with Crippen molar-refractivity contribution in [2.75, 3.05) is 6.54 Å². The number of carbonyl (C=O) groups is 1. The largest absolute Gasteiger partial charge is 0.444 e. The third-order valence-electron chi connectivity index (χ3n) is 4.27. The molecule has 1 heterocycles. The standard InChI is InChI=1S/C23H27N3O2/c1-16-10-11-20-18(12-16)19(14-25-20)21(15-26-22(27)28-23(2,3)4)24-13-17-8-6-5-7-9-17/h5-14,21,25H,15H2,1-4H3,(H,26,27). The highest BCUT2D eigenvalue weighted by molar-refractivity contribution is 5.85. The number of aryl methyl sites for hydroxylation is 1. The molecule has 0 saturated carbocycles. The van der Waals surface area contributed by atoms with E-state index >= 15 is 0 Å². The quantitative estimate of drug-likeness (QED) is 0.603. The molecule has 0 fully saturated rings. The molecular weight excluding hydrogens is 350 g/mol. The highest BCUT2D eigenvalue weighted by atomic mass is 16.6. The molecule has 1 atom stereocenters. The van der Waals surface area contributed by atoms with Crippen LogP contribution in [0.1, 0.15) is 43.5 Å². The summed E-state index contributed by atoms with van der Waals surface area (Å²) in [6, 6.07) is 16.0. The first-order valence-electron chi connectivity index (χ1n) is 9.44. The van der Waals surface area contributed by atoms with Gasteiger partial charge in [0.15, 0.2) is 0 Å². The lowest BCUT2D eigenvalue weighted by atomic mass is 10.0. The Bertz CT molecular complexity index is 968. The number of rotatable bonds is 5. The molecule has 5 nitrogen and oxygen atoms in total. The van der Waals surface area contributed by atoms with Crippen LogP contribution in [0.4, 0.5) is 4.79 Å². The molecule has 0 spiro atoms. The Balaban J connectivity index is 1.86. The van der Waals surface area contributed by atoms with Crippen LogP contribution in [0.5, 0.6) is 0 Å². The van der Waals surface area contributed by atoms with Crippen LogP contribution in [-0.4, -0.2) is 29.4 Å². The number of fused-ring (bicyclic) bond motifs is 1. The zero-order valence-electron chi connectivity index (χ0n) is 16.8. The maximum atomic E-state index is 12.1. The van der Waals surface area contributed by atoms with Crippen molar-refractivity contribution >= 4 is 23.2 Å².